The van der Waals surface area contributed by atoms with Crippen LogP contribution in [0, 0.1) is 11.8 Å². The smallest absolute Gasteiger partial charge is 0.239 e. The van der Waals surface area contributed by atoms with Crippen molar-refractivity contribution in [2.24, 2.45) is 11.8 Å². The van der Waals surface area contributed by atoms with Crippen LogP contribution in [0.25, 0.3) is 0 Å². The molecule has 4 nitrogen and oxygen atoms in total. The molecule has 0 radical (unpaired) electrons. The average molecular weight is 254 g/mol. The number of aliphatic hydroxyl groups excluding tert-OH is 1. The molecule has 2 aliphatic rings. The molecule has 0 aliphatic carbocycles. The number of nitrogens with one attached hydrogen (secondary N) is 1. The Bertz CT molecular complexity index is 294. The first kappa shape index (κ1) is 13.8. The molecule has 0 saturated carbocycles. The molecule has 2 rings (SSSR count). The lowest BCUT2D eigenvalue weighted by molar-refractivity contribution is -0.135. The molecule has 2 fully saturated rings. The molecule has 0 aromatic carbocycles. The van der Waals surface area contributed by atoms with Gasteiger partial charge in [0.15, 0.2) is 0 Å². The van der Waals surface area contributed by atoms with E-state index in [1.807, 2.05) is 4.90 Å². The molecule has 0 bridgehead atoms. The first-order valence-corrected chi connectivity index (χ1v) is 7.26. The van der Waals surface area contributed by atoms with Crippen LogP contribution in [0.5, 0.6) is 0 Å². The van der Waals surface area contributed by atoms with Gasteiger partial charge in [-0.2, -0.15) is 0 Å². The van der Waals surface area contributed by atoms with Crippen LogP contribution in [0.2, 0.25) is 0 Å². The van der Waals surface area contributed by atoms with Crippen LogP contribution in [-0.4, -0.2) is 47.7 Å². The number of carbonyl (C=O) groups is 1. The molecule has 0 aromatic heterocycles. The standard InChI is InChI=1S/C14H26N2O2/c1-10(2)6-11-4-3-5-16(9-11)14(18)13-7-12(17)8-15-13/h10-13,15,17H,3-9H2,1-2H3. The third-order valence-corrected chi connectivity index (χ3v) is 4.04. The zero-order chi connectivity index (χ0) is 13.1. The summed E-state index contributed by atoms with van der Waals surface area (Å²) in [7, 11) is 0. The number of amides is 1. The molecule has 3 unspecified atom stereocenters. The average Bonchev–Trinajstić information content (AvgIpc) is 2.74. The molecule has 0 spiro atoms. The number of carbonyl (C=O) groups excluding carboxylic acids is 1. The third-order valence-electron chi connectivity index (χ3n) is 4.04. The minimum absolute atomic E-state index is 0.155. The van der Waals surface area contributed by atoms with Crippen molar-refractivity contribution < 1.29 is 9.90 Å². The number of hydrogen-bond donors (Lipinski definition) is 2. The molecule has 2 N–H and O–H groups in total. The number of nitrogens with zero attached hydrogens (tertiary/aromatic N) is 1. The van der Waals surface area contributed by atoms with Gasteiger partial charge in [0.25, 0.3) is 0 Å². The Morgan fingerprint density at radius 1 is 1.50 bits per heavy atom. The van der Waals surface area contributed by atoms with Crippen molar-refractivity contribution in [2.45, 2.75) is 51.7 Å². The molecule has 0 aromatic rings. The molecular formula is C14H26N2O2. The van der Waals surface area contributed by atoms with Crippen molar-refractivity contribution in [3.63, 3.8) is 0 Å². The van der Waals surface area contributed by atoms with Gasteiger partial charge in [-0.05, 0) is 37.5 Å². The summed E-state index contributed by atoms with van der Waals surface area (Å²) in [6, 6.07) is -0.155. The maximum absolute atomic E-state index is 12.3. The number of likely N-dealkylation sites (tertiary alicyclic amines) is 1. The summed E-state index contributed by atoms with van der Waals surface area (Å²) in [5.74, 6) is 1.56. The first-order valence-electron chi connectivity index (χ1n) is 7.26. The first-order chi connectivity index (χ1) is 8.56. The highest BCUT2D eigenvalue weighted by molar-refractivity contribution is 5.82. The van der Waals surface area contributed by atoms with Crippen LogP contribution in [0.3, 0.4) is 0 Å². The van der Waals surface area contributed by atoms with E-state index in [1.54, 1.807) is 0 Å². The molecule has 1 amide bonds. The predicted molar refractivity (Wildman–Crippen MR) is 71.2 cm³/mol. The molecule has 104 valence electrons. The van der Waals surface area contributed by atoms with Gasteiger partial charge in [-0.25, -0.2) is 0 Å². The quantitative estimate of drug-likeness (QED) is 0.790. The monoisotopic (exact) mass is 254 g/mol. The van der Waals surface area contributed by atoms with Gasteiger partial charge >= 0.3 is 0 Å². The van der Waals surface area contributed by atoms with E-state index >= 15 is 0 Å². The summed E-state index contributed by atoms with van der Waals surface area (Å²) >= 11 is 0. The van der Waals surface area contributed by atoms with Crippen molar-refractivity contribution in [2.75, 3.05) is 19.6 Å². The van der Waals surface area contributed by atoms with Gasteiger partial charge < -0.3 is 15.3 Å². The van der Waals surface area contributed by atoms with Crippen LogP contribution >= 0.6 is 0 Å². The summed E-state index contributed by atoms with van der Waals surface area (Å²) in [4.78, 5) is 14.3. The Kier molecular flexibility index (Phi) is 4.62. The lowest BCUT2D eigenvalue weighted by Gasteiger charge is -2.35. The lowest BCUT2D eigenvalue weighted by Crippen LogP contribution is -2.48. The maximum Gasteiger partial charge on any atom is 0.239 e. The van der Waals surface area contributed by atoms with E-state index in [0.29, 0.717) is 24.8 Å². The zero-order valence-electron chi connectivity index (χ0n) is 11.6. The van der Waals surface area contributed by atoms with Gasteiger partial charge in [-0.1, -0.05) is 13.8 Å². The van der Waals surface area contributed by atoms with Crippen LogP contribution in [0.15, 0.2) is 0 Å². The number of rotatable bonds is 3. The van der Waals surface area contributed by atoms with Crippen LogP contribution in [0.1, 0.15) is 39.5 Å². The van der Waals surface area contributed by atoms with E-state index in [2.05, 4.69) is 19.2 Å². The van der Waals surface area contributed by atoms with Gasteiger partial charge in [-0.15, -0.1) is 0 Å². The fourth-order valence-electron chi connectivity index (χ4n) is 3.25. The molecule has 18 heavy (non-hydrogen) atoms. The van der Waals surface area contributed by atoms with Gasteiger partial charge in [0, 0.05) is 19.6 Å². The third kappa shape index (κ3) is 3.45. The summed E-state index contributed by atoms with van der Waals surface area (Å²) in [5.41, 5.74) is 0. The van der Waals surface area contributed by atoms with Crippen molar-refractivity contribution in [3.05, 3.63) is 0 Å². The highest BCUT2D eigenvalue weighted by Crippen LogP contribution is 2.24. The lowest BCUT2D eigenvalue weighted by atomic mass is 9.89. The summed E-state index contributed by atoms with van der Waals surface area (Å²) < 4.78 is 0. The number of hydrogen-bond acceptors (Lipinski definition) is 3. The van der Waals surface area contributed by atoms with Gasteiger partial charge in [0.05, 0.1) is 12.1 Å². The fourth-order valence-corrected chi connectivity index (χ4v) is 3.25. The van der Waals surface area contributed by atoms with E-state index in [0.717, 1.165) is 19.5 Å². The normalized spacial score (nSPS) is 33.1. The molecule has 3 atom stereocenters. The number of β-amino-alcohol motifs (C(OH)–C–C–N with tert-alkyl or cyclic N) is 1. The van der Waals surface area contributed by atoms with Gasteiger partial charge in [-0.3, -0.25) is 4.79 Å². The molecule has 4 heteroatoms. The predicted octanol–water partition coefficient (Wildman–Crippen LogP) is 0.994. The minimum atomic E-state index is -0.352. The second-order valence-corrected chi connectivity index (χ2v) is 6.27. The second kappa shape index (κ2) is 6.02. The van der Waals surface area contributed by atoms with Crippen molar-refractivity contribution in [3.8, 4) is 0 Å². The summed E-state index contributed by atoms with van der Waals surface area (Å²) in [6.45, 7) is 6.85. The van der Waals surface area contributed by atoms with E-state index in [9.17, 15) is 9.90 Å². The second-order valence-electron chi connectivity index (χ2n) is 6.27. The van der Waals surface area contributed by atoms with E-state index in [4.69, 9.17) is 0 Å². The number of aliphatic hydroxyl groups is 1. The zero-order valence-corrected chi connectivity index (χ0v) is 11.6. The summed E-state index contributed by atoms with van der Waals surface area (Å²) in [5, 5.41) is 12.6. The minimum Gasteiger partial charge on any atom is -0.392 e. The fraction of sp³-hybridized carbons (Fsp3) is 0.929. The molecule has 2 saturated heterocycles. The van der Waals surface area contributed by atoms with Crippen molar-refractivity contribution in [1.29, 1.82) is 0 Å². The Labute approximate surface area is 110 Å². The van der Waals surface area contributed by atoms with Crippen LogP contribution in [0.4, 0.5) is 0 Å². The Balaban J connectivity index is 1.86. The topological polar surface area (TPSA) is 52.6 Å². The Morgan fingerprint density at radius 3 is 2.89 bits per heavy atom. The SMILES string of the molecule is CC(C)CC1CCCN(C(=O)C2CC(O)CN2)C1. The Hall–Kier alpha value is -0.610. The largest absolute Gasteiger partial charge is 0.392 e. The Morgan fingerprint density at radius 2 is 2.28 bits per heavy atom. The van der Waals surface area contributed by atoms with Crippen molar-refractivity contribution >= 4 is 5.91 Å². The number of piperidine rings is 1. The summed E-state index contributed by atoms with van der Waals surface area (Å²) in [6.07, 6.45) is 3.81. The van der Waals surface area contributed by atoms with Gasteiger partial charge in [0.1, 0.15) is 0 Å². The highest BCUT2D eigenvalue weighted by Gasteiger charge is 2.33. The van der Waals surface area contributed by atoms with E-state index in [1.165, 1.54) is 12.8 Å². The van der Waals surface area contributed by atoms with Crippen molar-refractivity contribution in [1.82, 2.24) is 10.2 Å². The highest BCUT2D eigenvalue weighted by atomic mass is 16.3. The van der Waals surface area contributed by atoms with Crippen LogP contribution < -0.4 is 5.32 Å². The maximum atomic E-state index is 12.3. The molecular weight excluding hydrogens is 228 g/mol. The molecule has 2 aliphatic heterocycles. The van der Waals surface area contributed by atoms with E-state index in [-0.39, 0.29) is 18.1 Å². The van der Waals surface area contributed by atoms with E-state index < -0.39 is 0 Å². The van der Waals surface area contributed by atoms with Crippen LogP contribution in [-0.2, 0) is 4.79 Å². The van der Waals surface area contributed by atoms with Gasteiger partial charge in [0.2, 0.25) is 5.91 Å². The molecule has 2 heterocycles.